The number of thiophene rings is 1. The number of hydrogen-bond acceptors (Lipinski definition) is 5. The molecule has 9 heteroatoms. The van der Waals surface area contributed by atoms with Gasteiger partial charge in [0.25, 0.3) is 5.56 Å². The van der Waals surface area contributed by atoms with E-state index in [4.69, 9.17) is 11.6 Å². The van der Waals surface area contributed by atoms with E-state index in [2.05, 4.69) is 9.97 Å². The SMILES string of the molecule is CCC1(F)CN(C(=O)Cn2ccc3scc(-c4cncc(Cl)n4)c3c2=O)C1. The molecule has 0 aromatic carbocycles. The van der Waals surface area contributed by atoms with E-state index in [9.17, 15) is 14.0 Å². The molecule has 27 heavy (non-hydrogen) atoms. The van der Waals surface area contributed by atoms with Crippen molar-refractivity contribution in [2.24, 2.45) is 0 Å². The summed E-state index contributed by atoms with van der Waals surface area (Å²) in [4.78, 5) is 35.0. The Hall–Kier alpha value is -2.32. The fourth-order valence-corrected chi connectivity index (χ4v) is 4.24. The van der Waals surface area contributed by atoms with E-state index >= 15 is 0 Å². The number of carbonyl (C=O) groups excluding carboxylic acids is 1. The number of fused-ring (bicyclic) bond motifs is 1. The zero-order chi connectivity index (χ0) is 19.2. The Kier molecular flexibility index (Phi) is 4.47. The molecule has 1 aliphatic heterocycles. The minimum atomic E-state index is -1.30. The molecule has 0 aliphatic carbocycles. The molecule has 0 atom stereocenters. The molecule has 4 rings (SSSR count). The van der Waals surface area contributed by atoms with Crippen molar-refractivity contribution in [1.29, 1.82) is 0 Å². The van der Waals surface area contributed by atoms with E-state index in [1.807, 2.05) is 5.38 Å². The molecule has 3 aromatic rings. The second-order valence-corrected chi connectivity index (χ2v) is 7.92. The minimum Gasteiger partial charge on any atom is -0.335 e. The van der Waals surface area contributed by atoms with Crippen LogP contribution in [0, 0.1) is 0 Å². The zero-order valence-corrected chi connectivity index (χ0v) is 16.1. The molecule has 0 unspecified atom stereocenters. The van der Waals surface area contributed by atoms with Gasteiger partial charge in [-0.25, -0.2) is 9.37 Å². The maximum atomic E-state index is 14.0. The molecule has 4 heterocycles. The Balaban J connectivity index is 1.65. The van der Waals surface area contributed by atoms with E-state index in [0.717, 1.165) is 4.70 Å². The number of likely N-dealkylation sites (tertiary alicyclic amines) is 1. The van der Waals surface area contributed by atoms with Crippen molar-refractivity contribution in [2.45, 2.75) is 25.6 Å². The highest BCUT2D eigenvalue weighted by Crippen LogP contribution is 2.31. The molecular weight excluding hydrogens is 391 g/mol. The van der Waals surface area contributed by atoms with Crippen LogP contribution in [0.25, 0.3) is 21.3 Å². The van der Waals surface area contributed by atoms with E-state index in [0.29, 0.717) is 23.1 Å². The highest BCUT2D eigenvalue weighted by Gasteiger charge is 2.44. The van der Waals surface area contributed by atoms with Crippen molar-refractivity contribution >= 4 is 38.9 Å². The van der Waals surface area contributed by atoms with E-state index in [1.165, 1.54) is 27.0 Å². The predicted molar refractivity (Wildman–Crippen MR) is 103 cm³/mol. The standard InChI is InChI=1S/C18H16ClFN4O2S/c1-2-18(20)9-24(10-18)15(25)7-23-4-3-13-16(17(23)26)11(8-27-13)12-5-21-6-14(19)22-12/h3-6,8H,2,7,9-10H2,1H3. The van der Waals surface area contributed by atoms with E-state index < -0.39 is 5.67 Å². The summed E-state index contributed by atoms with van der Waals surface area (Å²) in [5.41, 5.74) is -0.449. The van der Waals surface area contributed by atoms with Crippen molar-refractivity contribution in [1.82, 2.24) is 19.4 Å². The fourth-order valence-electron chi connectivity index (χ4n) is 3.15. The van der Waals surface area contributed by atoms with Crippen LogP contribution < -0.4 is 5.56 Å². The van der Waals surface area contributed by atoms with Gasteiger partial charge in [-0.05, 0) is 12.5 Å². The van der Waals surface area contributed by atoms with Gasteiger partial charge in [0.1, 0.15) is 17.4 Å². The molecule has 3 aromatic heterocycles. The fraction of sp³-hybridized carbons (Fsp3) is 0.333. The number of pyridine rings is 1. The molecule has 0 saturated carbocycles. The third-order valence-electron chi connectivity index (χ3n) is 4.82. The van der Waals surface area contributed by atoms with Gasteiger partial charge in [-0.3, -0.25) is 14.6 Å². The average molecular weight is 407 g/mol. The maximum absolute atomic E-state index is 14.0. The first kappa shape index (κ1) is 18.1. The summed E-state index contributed by atoms with van der Waals surface area (Å²) >= 11 is 7.32. The number of aromatic nitrogens is 3. The van der Waals surface area contributed by atoms with Crippen molar-refractivity contribution in [2.75, 3.05) is 13.1 Å². The second kappa shape index (κ2) is 6.69. The zero-order valence-electron chi connectivity index (χ0n) is 14.5. The maximum Gasteiger partial charge on any atom is 0.260 e. The lowest BCUT2D eigenvalue weighted by atomic mass is 9.93. The van der Waals surface area contributed by atoms with Crippen LogP contribution >= 0.6 is 22.9 Å². The smallest absolute Gasteiger partial charge is 0.260 e. The highest BCUT2D eigenvalue weighted by molar-refractivity contribution is 7.17. The molecule has 1 saturated heterocycles. The van der Waals surface area contributed by atoms with Crippen molar-refractivity contribution in [3.8, 4) is 11.3 Å². The molecule has 1 aliphatic rings. The minimum absolute atomic E-state index is 0.0845. The number of carbonyl (C=O) groups is 1. The quantitative estimate of drug-likeness (QED) is 0.667. The van der Waals surface area contributed by atoms with E-state index in [-0.39, 0.29) is 36.3 Å². The lowest BCUT2D eigenvalue weighted by molar-refractivity contribution is -0.146. The number of hydrogen-bond donors (Lipinski definition) is 0. The topological polar surface area (TPSA) is 68.1 Å². The van der Waals surface area contributed by atoms with Gasteiger partial charge in [0.15, 0.2) is 0 Å². The van der Waals surface area contributed by atoms with Crippen molar-refractivity contribution in [3.05, 3.63) is 45.5 Å². The Morgan fingerprint density at radius 3 is 2.89 bits per heavy atom. The second-order valence-electron chi connectivity index (χ2n) is 6.62. The van der Waals surface area contributed by atoms with Gasteiger partial charge in [0.05, 0.1) is 36.6 Å². The molecule has 6 nitrogen and oxygen atoms in total. The molecule has 0 radical (unpaired) electrons. The third kappa shape index (κ3) is 3.23. The van der Waals surface area contributed by atoms with Crippen LogP contribution in [-0.2, 0) is 11.3 Å². The van der Waals surface area contributed by atoms with Gasteiger partial charge in [-0.1, -0.05) is 18.5 Å². The first-order chi connectivity index (χ1) is 12.9. The first-order valence-electron chi connectivity index (χ1n) is 8.45. The van der Waals surface area contributed by atoms with Gasteiger partial charge in [0, 0.05) is 21.8 Å². The number of amides is 1. The van der Waals surface area contributed by atoms with Crippen LogP contribution in [-0.4, -0.2) is 44.1 Å². The predicted octanol–water partition coefficient (Wildman–Crippen LogP) is 3.13. The van der Waals surface area contributed by atoms with Crippen LogP contribution in [0.4, 0.5) is 4.39 Å². The van der Waals surface area contributed by atoms with Gasteiger partial charge in [-0.2, -0.15) is 0 Å². The first-order valence-corrected chi connectivity index (χ1v) is 9.71. The van der Waals surface area contributed by atoms with Crippen molar-refractivity contribution < 1.29 is 9.18 Å². The molecule has 0 spiro atoms. The lowest BCUT2D eigenvalue weighted by Gasteiger charge is -2.44. The van der Waals surface area contributed by atoms with Gasteiger partial charge >= 0.3 is 0 Å². The van der Waals surface area contributed by atoms with Gasteiger partial charge in [0.2, 0.25) is 5.91 Å². The number of alkyl halides is 1. The third-order valence-corrected chi connectivity index (χ3v) is 5.95. The van der Waals surface area contributed by atoms with Crippen molar-refractivity contribution in [3.63, 3.8) is 0 Å². The normalized spacial score (nSPS) is 15.7. The number of halogens is 2. The Morgan fingerprint density at radius 1 is 1.41 bits per heavy atom. The van der Waals surface area contributed by atoms with Crippen LogP contribution in [0.15, 0.2) is 34.8 Å². The lowest BCUT2D eigenvalue weighted by Crippen LogP contribution is -2.61. The van der Waals surface area contributed by atoms with Gasteiger partial charge < -0.3 is 9.47 Å². The molecule has 1 fully saturated rings. The number of nitrogens with zero attached hydrogens (tertiary/aromatic N) is 4. The highest BCUT2D eigenvalue weighted by atomic mass is 35.5. The molecular formula is C18H16ClFN4O2S. The summed E-state index contributed by atoms with van der Waals surface area (Å²) in [5, 5.41) is 2.54. The van der Waals surface area contributed by atoms with Crippen LogP contribution in [0.5, 0.6) is 0 Å². The monoisotopic (exact) mass is 406 g/mol. The van der Waals surface area contributed by atoms with Crippen LogP contribution in [0.1, 0.15) is 13.3 Å². The molecule has 0 N–H and O–H groups in total. The van der Waals surface area contributed by atoms with E-state index in [1.54, 1.807) is 25.4 Å². The summed E-state index contributed by atoms with van der Waals surface area (Å²) in [6, 6.07) is 1.79. The molecule has 1 amide bonds. The Labute approximate surface area is 163 Å². The number of rotatable bonds is 4. The van der Waals surface area contributed by atoms with Crippen LogP contribution in [0.3, 0.4) is 0 Å². The largest absolute Gasteiger partial charge is 0.335 e. The van der Waals surface area contributed by atoms with Gasteiger partial charge in [-0.15, -0.1) is 11.3 Å². The molecule has 0 bridgehead atoms. The Bertz CT molecular complexity index is 1090. The summed E-state index contributed by atoms with van der Waals surface area (Å²) in [7, 11) is 0. The summed E-state index contributed by atoms with van der Waals surface area (Å²) < 4.78 is 16.2. The van der Waals surface area contributed by atoms with Crippen LogP contribution in [0.2, 0.25) is 5.15 Å². The summed E-state index contributed by atoms with van der Waals surface area (Å²) in [5.74, 6) is -0.266. The summed E-state index contributed by atoms with van der Waals surface area (Å²) in [6.45, 7) is 1.81. The average Bonchev–Trinajstić information content (AvgIpc) is 3.06. The molecule has 140 valence electrons. The summed E-state index contributed by atoms with van der Waals surface area (Å²) in [6.07, 6.45) is 4.93. The Morgan fingerprint density at radius 2 is 2.19 bits per heavy atom.